The number of nitrogens with zero attached hydrogens (tertiary/aromatic N) is 2. The second kappa shape index (κ2) is 5.83. The van der Waals surface area contributed by atoms with Gasteiger partial charge in [0.2, 0.25) is 5.91 Å². The Morgan fingerprint density at radius 3 is 2.84 bits per heavy atom. The Morgan fingerprint density at radius 2 is 2.26 bits per heavy atom. The lowest BCUT2D eigenvalue weighted by Gasteiger charge is -2.11. The van der Waals surface area contributed by atoms with Crippen molar-refractivity contribution in [3.63, 3.8) is 0 Å². The summed E-state index contributed by atoms with van der Waals surface area (Å²) in [5, 5.41) is 15.6. The number of aliphatic carboxylic acids is 1. The van der Waals surface area contributed by atoms with Crippen molar-refractivity contribution in [2.45, 2.75) is 38.5 Å². The van der Waals surface area contributed by atoms with Crippen molar-refractivity contribution in [1.82, 2.24) is 15.1 Å². The van der Waals surface area contributed by atoms with Crippen LogP contribution in [-0.4, -0.2) is 45.5 Å². The van der Waals surface area contributed by atoms with E-state index in [0.717, 1.165) is 5.56 Å². The number of carboxylic acids is 1. The van der Waals surface area contributed by atoms with Crippen LogP contribution in [0.3, 0.4) is 0 Å². The van der Waals surface area contributed by atoms with Gasteiger partial charge in [-0.15, -0.1) is 0 Å². The molecule has 2 rings (SSSR count). The SMILES string of the molecule is Cc1cnn(CCNC(=O)C2CCC(C(=O)O)O2)c1. The Morgan fingerprint density at radius 1 is 1.53 bits per heavy atom. The lowest BCUT2D eigenvalue weighted by molar-refractivity contribution is -0.151. The topological polar surface area (TPSA) is 93.5 Å². The molecule has 2 unspecified atom stereocenters. The highest BCUT2D eigenvalue weighted by Crippen LogP contribution is 2.19. The lowest BCUT2D eigenvalue weighted by Crippen LogP contribution is -2.37. The van der Waals surface area contributed by atoms with Crippen LogP contribution in [0.2, 0.25) is 0 Å². The molecule has 0 bridgehead atoms. The molecule has 0 spiro atoms. The summed E-state index contributed by atoms with van der Waals surface area (Å²) < 4.78 is 6.90. The number of ether oxygens (including phenoxy) is 1. The minimum Gasteiger partial charge on any atom is -0.479 e. The third kappa shape index (κ3) is 3.54. The predicted molar refractivity (Wildman–Crippen MR) is 65.5 cm³/mol. The molecule has 1 aromatic rings. The summed E-state index contributed by atoms with van der Waals surface area (Å²) in [4.78, 5) is 22.5. The van der Waals surface area contributed by atoms with Gasteiger partial charge in [-0.2, -0.15) is 5.10 Å². The highest BCUT2D eigenvalue weighted by atomic mass is 16.5. The second-order valence-electron chi connectivity index (χ2n) is 4.60. The zero-order chi connectivity index (χ0) is 13.8. The van der Waals surface area contributed by atoms with Gasteiger partial charge in [0.1, 0.15) is 6.10 Å². The first-order valence-electron chi connectivity index (χ1n) is 6.21. The molecule has 1 aliphatic rings. The molecule has 7 heteroatoms. The van der Waals surface area contributed by atoms with E-state index in [9.17, 15) is 9.59 Å². The molecule has 1 fully saturated rings. The molecular weight excluding hydrogens is 250 g/mol. The molecule has 0 saturated carbocycles. The maximum atomic E-state index is 11.8. The number of aryl methyl sites for hydroxylation is 1. The summed E-state index contributed by atoms with van der Waals surface area (Å²) in [5.74, 6) is -1.27. The summed E-state index contributed by atoms with van der Waals surface area (Å²) in [6.07, 6.45) is 2.96. The fraction of sp³-hybridized carbons (Fsp3) is 0.583. The van der Waals surface area contributed by atoms with Crippen LogP contribution < -0.4 is 5.32 Å². The zero-order valence-corrected chi connectivity index (χ0v) is 10.7. The fourth-order valence-electron chi connectivity index (χ4n) is 2.01. The van der Waals surface area contributed by atoms with Gasteiger partial charge in [0.15, 0.2) is 6.10 Å². The number of carbonyl (C=O) groups is 2. The first kappa shape index (κ1) is 13.5. The maximum absolute atomic E-state index is 11.8. The molecule has 0 radical (unpaired) electrons. The van der Waals surface area contributed by atoms with Crippen molar-refractivity contribution in [3.05, 3.63) is 18.0 Å². The molecule has 1 aromatic heterocycles. The van der Waals surface area contributed by atoms with Gasteiger partial charge in [-0.3, -0.25) is 9.48 Å². The van der Waals surface area contributed by atoms with Crippen molar-refractivity contribution in [3.8, 4) is 0 Å². The Balaban J connectivity index is 1.72. The van der Waals surface area contributed by atoms with Gasteiger partial charge >= 0.3 is 5.97 Å². The Hall–Kier alpha value is -1.89. The molecule has 2 heterocycles. The molecule has 104 valence electrons. The Labute approximate surface area is 110 Å². The minimum atomic E-state index is -1.01. The normalized spacial score (nSPS) is 22.4. The van der Waals surface area contributed by atoms with Crippen molar-refractivity contribution < 1.29 is 19.4 Å². The van der Waals surface area contributed by atoms with Crippen molar-refractivity contribution in [1.29, 1.82) is 0 Å². The number of carboxylic acid groups (broad SMARTS) is 1. The molecule has 0 aliphatic carbocycles. The molecule has 1 saturated heterocycles. The van der Waals surface area contributed by atoms with Crippen LogP contribution in [0, 0.1) is 6.92 Å². The average molecular weight is 267 g/mol. The molecule has 1 aliphatic heterocycles. The van der Waals surface area contributed by atoms with Crippen LogP contribution in [0.15, 0.2) is 12.4 Å². The van der Waals surface area contributed by atoms with E-state index < -0.39 is 18.2 Å². The van der Waals surface area contributed by atoms with Crippen LogP contribution in [0.5, 0.6) is 0 Å². The molecule has 0 aromatic carbocycles. The highest BCUT2D eigenvalue weighted by Gasteiger charge is 2.34. The summed E-state index contributed by atoms with van der Waals surface area (Å²) >= 11 is 0. The van der Waals surface area contributed by atoms with E-state index in [4.69, 9.17) is 9.84 Å². The van der Waals surface area contributed by atoms with Crippen molar-refractivity contribution in [2.24, 2.45) is 0 Å². The average Bonchev–Trinajstić information content (AvgIpc) is 2.98. The smallest absolute Gasteiger partial charge is 0.332 e. The van der Waals surface area contributed by atoms with E-state index in [2.05, 4.69) is 10.4 Å². The van der Waals surface area contributed by atoms with Crippen LogP contribution in [0.4, 0.5) is 0 Å². The van der Waals surface area contributed by atoms with Gasteiger partial charge in [-0.1, -0.05) is 0 Å². The number of hydrogen-bond acceptors (Lipinski definition) is 4. The van der Waals surface area contributed by atoms with Crippen LogP contribution in [-0.2, 0) is 20.9 Å². The quantitative estimate of drug-likeness (QED) is 0.779. The van der Waals surface area contributed by atoms with E-state index in [-0.39, 0.29) is 5.91 Å². The Bertz CT molecular complexity index is 471. The van der Waals surface area contributed by atoms with Gasteiger partial charge in [0.25, 0.3) is 0 Å². The van der Waals surface area contributed by atoms with Crippen molar-refractivity contribution in [2.75, 3.05) is 6.54 Å². The second-order valence-corrected chi connectivity index (χ2v) is 4.60. The predicted octanol–water partition coefficient (Wildman–Crippen LogP) is -0.0601. The number of aromatic nitrogens is 2. The van der Waals surface area contributed by atoms with Gasteiger partial charge in [-0.25, -0.2) is 4.79 Å². The fourth-order valence-corrected chi connectivity index (χ4v) is 2.01. The number of rotatable bonds is 5. The van der Waals surface area contributed by atoms with Crippen molar-refractivity contribution >= 4 is 11.9 Å². The first-order valence-corrected chi connectivity index (χ1v) is 6.21. The Kier molecular flexibility index (Phi) is 4.16. The van der Waals surface area contributed by atoms with Crippen LogP contribution in [0.25, 0.3) is 0 Å². The van der Waals surface area contributed by atoms with Crippen LogP contribution in [0.1, 0.15) is 18.4 Å². The summed E-state index contributed by atoms with van der Waals surface area (Å²) in [5.41, 5.74) is 1.06. The van der Waals surface area contributed by atoms with Gasteiger partial charge in [0.05, 0.1) is 12.7 Å². The molecular formula is C12H17N3O4. The first-order chi connectivity index (χ1) is 9.06. The number of carbonyl (C=O) groups excluding carboxylic acids is 1. The van der Waals surface area contributed by atoms with E-state index in [0.29, 0.717) is 25.9 Å². The van der Waals surface area contributed by atoms with Gasteiger partial charge < -0.3 is 15.2 Å². The maximum Gasteiger partial charge on any atom is 0.332 e. The van der Waals surface area contributed by atoms with E-state index in [1.54, 1.807) is 10.9 Å². The number of amides is 1. The monoisotopic (exact) mass is 267 g/mol. The van der Waals surface area contributed by atoms with Crippen LogP contribution >= 0.6 is 0 Å². The largest absolute Gasteiger partial charge is 0.479 e. The minimum absolute atomic E-state index is 0.257. The third-order valence-corrected chi connectivity index (χ3v) is 2.99. The van der Waals surface area contributed by atoms with Gasteiger partial charge in [0, 0.05) is 12.7 Å². The summed E-state index contributed by atoms with van der Waals surface area (Å²) in [6.45, 7) is 2.96. The molecule has 2 N–H and O–H groups in total. The zero-order valence-electron chi connectivity index (χ0n) is 10.7. The number of nitrogens with one attached hydrogen (secondary N) is 1. The van der Waals surface area contributed by atoms with E-state index >= 15 is 0 Å². The summed E-state index contributed by atoms with van der Waals surface area (Å²) in [7, 11) is 0. The third-order valence-electron chi connectivity index (χ3n) is 2.99. The standard InChI is InChI=1S/C12H17N3O4/c1-8-6-14-15(7-8)5-4-13-11(16)9-2-3-10(19-9)12(17)18/h6-7,9-10H,2-5H2,1H3,(H,13,16)(H,17,18). The summed E-state index contributed by atoms with van der Waals surface area (Å²) in [6, 6.07) is 0. The number of hydrogen-bond donors (Lipinski definition) is 2. The lowest BCUT2D eigenvalue weighted by atomic mass is 10.2. The highest BCUT2D eigenvalue weighted by molar-refractivity contribution is 5.82. The van der Waals surface area contributed by atoms with E-state index in [1.165, 1.54) is 0 Å². The molecule has 1 amide bonds. The molecule has 19 heavy (non-hydrogen) atoms. The molecule has 7 nitrogen and oxygen atoms in total. The van der Waals surface area contributed by atoms with E-state index in [1.807, 2.05) is 13.1 Å². The van der Waals surface area contributed by atoms with Gasteiger partial charge in [-0.05, 0) is 25.3 Å². The molecule has 2 atom stereocenters.